The molecule has 0 radical (unpaired) electrons. The lowest BCUT2D eigenvalue weighted by atomic mass is 10.1. The van der Waals surface area contributed by atoms with E-state index in [0.29, 0.717) is 0 Å². The average molecular weight is 210 g/mol. The van der Waals surface area contributed by atoms with Gasteiger partial charge in [0.2, 0.25) is 0 Å². The molecule has 0 spiro atoms. The Kier molecular flexibility index (Phi) is 3.68. The molecule has 2 atom stereocenters. The maximum atomic E-state index is 3.51. The fourth-order valence-corrected chi connectivity index (χ4v) is 3.06. The maximum absolute atomic E-state index is 3.51. The Morgan fingerprint density at radius 1 is 1.20 bits per heavy atom. The largest absolute Gasteiger partial charge is 0.315 e. The van der Waals surface area contributed by atoms with Crippen molar-refractivity contribution in [3.05, 3.63) is 0 Å². The smallest absolute Gasteiger partial charge is 0.0252 e. The molecule has 0 saturated heterocycles. The molecule has 0 aromatic rings. The van der Waals surface area contributed by atoms with Gasteiger partial charge in [-0.3, -0.25) is 4.90 Å². The minimum Gasteiger partial charge on any atom is -0.315 e. The molecule has 0 aromatic heterocycles. The van der Waals surface area contributed by atoms with Gasteiger partial charge >= 0.3 is 0 Å². The summed E-state index contributed by atoms with van der Waals surface area (Å²) >= 11 is 0. The summed E-state index contributed by atoms with van der Waals surface area (Å²) in [5, 5.41) is 3.51. The number of nitrogens with zero attached hydrogens (tertiary/aromatic N) is 1. The SMILES string of the molecule is CNC1CCCC1N(CC(C)C)C1CC1. The van der Waals surface area contributed by atoms with Crippen molar-refractivity contribution in [2.24, 2.45) is 5.92 Å². The van der Waals surface area contributed by atoms with Crippen LogP contribution in [0.5, 0.6) is 0 Å². The zero-order valence-electron chi connectivity index (χ0n) is 10.5. The fraction of sp³-hybridized carbons (Fsp3) is 1.00. The highest BCUT2D eigenvalue weighted by Gasteiger charge is 2.39. The number of hydrogen-bond donors (Lipinski definition) is 1. The van der Waals surface area contributed by atoms with Gasteiger partial charge in [0.05, 0.1) is 0 Å². The first-order valence-corrected chi connectivity index (χ1v) is 6.65. The summed E-state index contributed by atoms with van der Waals surface area (Å²) < 4.78 is 0. The van der Waals surface area contributed by atoms with E-state index in [9.17, 15) is 0 Å². The van der Waals surface area contributed by atoms with E-state index >= 15 is 0 Å². The van der Waals surface area contributed by atoms with E-state index in [-0.39, 0.29) is 0 Å². The molecular weight excluding hydrogens is 184 g/mol. The lowest BCUT2D eigenvalue weighted by Gasteiger charge is -2.34. The van der Waals surface area contributed by atoms with Crippen molar-refractivity contribution < 1.29 is 0 Å². The van der Waals surface area contributed by atoms with Crippen LogP contribution in [0.3, 0.4) is 0 Å². The van der Waals surface area contributed by atoms with Crippen molar-refractivity contribution in [3.8, 4) is 0 Å². The van der Waals surface area contributed by atoms with Crippen LogP contribution in [0.2, 0.25) is 0 Å². The minimum atomic E-state index is 0.754. The van der Waals surface area contributed by atoms with Gasteiger partial charge in [-0.05, 0) is 38.6 Å². The van der Waals surface area contributed by atoms with Gasteiger partial charge in [-0.15, -0.1) is 0 Å². The second kappa shape index (κ2) is 4.84. The molecular formula is C13H26N2. The highest BCUT2D eigenvalue weighted by Crippen LogP contribution is 2.34. The Bertz CT molecular complexity index is 199. The quantitative estimate of drug-likeness (QED) is 0.749. The molecule has 2 aliphatic rings. The van der Waals surface area contributed by atoms with Crippen molar-refractivity contribution in [1.82, 2.24) is 10.2 Å². The number of hydrogen-bond acceptors (Lipinski definition) is 2. The van der Waals surface area contributed by atoms with Gasteiger partial charge in [0.15, 0.2) is 0 Å². The molecule has 0 heterocycles. The number of nitrogens with one attached hydrogen (secondary N) is 1. The van der Waals surface area contributed by atoms with E-state index in [1.807, 2.05) is 0 Å². The molecule has 2 unspecified atom stereocenters. The van der Waals surface area contributed by atoms with Crippen molar-refractivity contribution in [3.63, 3.8) is 0 Å². The van der Waals surface area contributed by atoms with Crippen molar-refractivity contribution in [2.45, 2.75) is 64.1 Å². The second-order valence-corrected chi connectivity index (χ2v) is 5.72. The zero-order chi connectivity index (χ0) is 10.8. The van der Waals surface area contributed by atoms with Crippen LogP contribution in [0.4, 0.5) is 0 Å². The monoisotopic (exact) mass is 210 g/mol. The van der Waals surface area contributed by atoms with Gasteiger partial charge in [0, 0.05) is 24.7 Å². The summed E-state index contributed by atoms with van der Waals surface area (Å²) in [5.41, 5.74) is 0. The van der Waals surface area contributed by atoms with Gasteiger partial charge < -0.3 is 5.32 Å². The molecule has 0 aromatic carbocycles. The summed E-state index contributed by atoms with van der Waals surface area (Å²) in [6.07, 6.45) is 7.09. The Labute approximate surface area is 94.4 Å². The normalized spacial score (nSPS) is 31.8. The Morgan fingerprint density at radius 2 is 1.93 bits per heavy atom. The van der Waals surface area contributed by atoms with Crippen LogP contribution < -0.4 is 5.32 Å². The molecule has 2 fully saturated rings. The molecule has 0 aliphatic heterocycles. The van der Waals surface area contributed by atoms with E-state index < -0.39 is 0 Å². The first-order chi connectivity index (χ1) is 7.22. The van der Waals surface area contributed by atoms with Crippen LogP contribution >= 0.6 is 0 Å². The third-order valence-corrected chi connectivity index (χ3v) is 3.87. The second-order valence-electron chi connectivity index (χ2n) is 5.72. The van der Waals surface area contributed by atoms with Gasteiger partial charge in [0.1, 0.15) is 0 Å². The summed E-state index contributed by atoms with van der Waals surface area (Å²) in [7, 11) is 2.13. The molecule has 0 amide bonds. The van der Waals surface area contributed by atoms with E-state index in [2.05, 4.69) is 31.1 Å². The molecule has 88 valence electrons. The van der Waals surface area contributed by atoms with Gasteiger partial charge in [-0.1, -0.05) is 20.3 Å². The maximum Gasteiger partial charge on any atom is 0.0252 e. The minimum absolute atomic E-state index is 0.754. The molecule has 2 saturated carbocycles. The van der Waals surface area contributed by atoms with E-state index in [4.69, 9.17) is 0 Å². The lowest BCUT2D eigenvalue weighted by molar-refractivity contribution is 0.147. The number of likely N-dealkylation sites (N-methyl/N-ethyl adjacent to an activating group) is 1. The molecule has 1 N–H and O–H groups in total. The van der Waals surface area contributed by atoms with E-state index in [1.165, 1.54) is 38.6 Å². The third-order valence-electron chi connectivity index (χ3n) is 3.87. The van der Waals surface area contributed by atoms with Gasteiger partial charge in [0.25, 0.3) is 0 Å². The average Bonchev–Trinajstić information content (AvgIpc) is 2.92. The van der Waals surface area contributed by atoms with Crippen LogP contribution in [-0.2, 0) is 0 Å². The molecule has 15 heavy (non-hydrogen) atoms. The van der Waals surface area contributed by atoms with Crippen LogP contribution in [-0.4, -0.2) is 36.6 Å². The van der Waals surface area contributed by atoms with E-state index in [1.54, 1.807) is 0 Å². The van der Waals surface area contributed by atoms with E-state index in [0.717, 1.165) is 24.0 Å². The predicted octanol–water partition coefficient (Wildman–Crippen LogP) is 2.25. The first kappa shape index (κ1) is 11.4. The topological polar surface area (TPSA) is 15.3 Å². The third kappa shape index (κ3) is 2.73. The molecule has 2 nitrogen and oxygen atoms in total. The highest BCUT2D eigenvalue weighted by atomic mass is 15.2. The molecule has 0 bridgehead atoms. The number of rotatable bonds is 5. The van der Waals surface area contributed by atoms with Crippen molar-refractivity contribution in [2.75, 3.05) is 13.6 Å². The van der Waals surface area contributed by atoms with Crippen LogP contribution in [0.1, 0.15) is 46.0 Å². The summed E-state index contributed by atoms with van der Waals surface area (Å²) in [6.45, 7) is 5.99. The molecule has 2 heteroatoms. The lowest BCUT2D eigenvalue weighted by Crippen LogP contribution is -2.48. The molecule has 2 rings (SSSR count). The van der Waals surface area contributed by atoms with Gasteiger partial charge in [-0.2, -0.15) is 0 Å². The van der Waals surface area contributed by atoms with Crippen molar-refractivity contribution in [1.29, 1.82) is 0 Å². The van der Waals surface area contributed by atoms with Crippen LogP contribution in [0, 0.1) is 5.92 Å². The molecule has 2 aliphatic carbocycles. The van der Waals surface area contributed by atoms with Crippen LogP contribution in [0.15, 0.2) is 0 Å². The fourth-order valence-electron chi connectivity index (χ4n) is 3.06. The first-order valence-electron chi connectivity index (χ1n) is 6.65. The summed E-state index contributed by atoms with van der Waals surface area (Å²) in [5.74, 6) is 0.809. The summed E-state index contributed by atoms with van der Waals surface area (Å²) in [6, 6.07) is 2.50. The Hall–Kier alpha value is -0.0800. The Balaban J connectivity index is 1.96. The van der Waals surface area contributed by atoms with Gasteiger partial charge in [-0.25, -0.2) is 0 Å². The van der Waals surface area contributed by atoms with Crippen LogP contribution in [0.25, 0.3) is 0 Å². The Morgan fingerprint density at radius 3 is 2.47 bits per heavy atom. The standard InChI is InChI=1S/C13H26N2/c1-10(2)9-15(11-7-8-11)13-6-4-5-12(13)14-3/h10-14H,4-9H2,1-3H3. The predicted molar refractivity (Wildman–Crippen MR) is 65.1 cm³/mol. The zero-order valence-corrected chi connectivity index (χ0v) is 10.5. The highest BCUT2D eigenvalue weighted by molar-refractivity contribution is 4.96. The van der Waals surface area contributed by atoms with Crippen molar-refractivity contribution >= 4 is 0 Å². The summed E-state index contributed by atoms with van der Waals surface area (Å²) in [4.78, 5) is 2.80.